The molecular weight excluding hydrogens is 334 g/mol. The van der Waals surface area contributed by atoms with Crippen molar-refractivity contribution in [3.05, 3.63) is 78.5 Å². The average Bonchev–Trinajstić information content (AvgIpc) is 3.05. The molecule has 0 aliphatic carbocycles. The Hall–Kier alpha value is -3.47. The van der Waals surface area contributed by atoms with Gasteiger partial charge in [-0.2, -0.15) is 0 Å². The van der Waals surface area contributed by atoms with E-state index in [0.29, 0.717) is 0 Å². The van der Waals surface area contributed by atoms with E-state index in [-0.39, 0.29) is 0 Å². The zero-order valence-electron chi connectivity index (χ0n) is 15.7. The van der Waals surface area contributed by atoms with Crippen LogP contribution in [0.3, 0.4) is 0 Å². The van der Waals surface area contributed by atoms with E-state index in [9.17, 15) is 0 Å². The second kappa shape index (κ2) is 7.03. The third kappa shape index (κ3) is 3.44. The molecule has 0 amide bonds. The van der Waals surface area contributed by atoms with Crippen molar-refractivity contribution in [1.82, 2.24) is 9.38 Å². The summed E-state index contributed by atoms with van der Waals surface area (Å²) in [5.41, 5.74) is 5.79. The van der Waals surface area contributed by atoms with E-state index in [1.165, 1.54) is 0 Å². The van der Waals surface area contributed by atoms with E-state index in [4.69, 9.17) is 4.98 Å². The second-order valence-corrected chi connectivity index (χ2v) is 6.70. The highest BCUT2D eigenvalue weighted by Gasteiger charge is 2.14. The molecule has 0 radical (unpaired) electrons. The van der Waals surface area contributed by atoms with Crippen molar-refractivity contribution in [2.24, 2.45) is 10.2 Å². The third-order valence-electron chi connectivity index (χ3n) is 4.41. The molecule has 0 aliphatic heterocycles. The minimum absolute atomic E-state index is 0.733. The quantitative estimate of drug-likeness (QED) is 0.435. The number of fused-ring (bicyclic) bond motifs is 1. The minimum atomic E-state index is 0.733. The number of imidazole rings is 1. The number of rotatable bonds is 4. The summed E-state index contributed by atoms with van der Waals surface area (Å²) in [6, 6.07) is 22.2. The van der Waals surface area contributed by atoms with Crippen molar-refractivity contribution in [3.8, 4) is 11.3 Å². The highest BCUT2D eigenvalue weighted by molar-refractivity contribution is 5.74. The molecule has 0 saturated heterocycles. The van der Waals surface area contributed by atoms with Gasteiger partial charge >= 0.3 is 0 Å². The van der Waals surface area contributed by atoms with Crippen LogP contribution in [0.25, 0.3) is 16.9 Å². The van der Waals surface area contributed by atoms with Crippen LogP contribution in [0, 0.1) is 6.92 Å². The van der Waals surface area contributed by atoms with E-state index in [0.717, 1.165) is 39.7 Å². The zero-order valence-corrected chi connectivity index (χ0v) is 15.7. The first-order valence-corrected chi connectivity index (χ1v) is 8.85. The van der Waals surface area contributed by atoms with Crippen molar-refractivity contribution in [2.45, 2.75) is 6.92 Å². The molecule has 0 saturated carbocycles. The molecule has 2 aromatic heterocycles. The molecule has 0 fully saturated rings. The molecule has 134 valence electrons. The molecule has 4 aromatic rings. The summed E-state index contributed by atoms with van der Waals surface area (Å²) in [6.45, 7) is 2.06. The number of pyridine rings is 1. The van der Waals surface area contributed by atoms with Crippen LogP contribution in [0.5, 0.6) is 0 Å². The number of hydrogen-bond donors (Lipinski definition) is 0. The highest BCUT2D eigenvalue weighted by Crippen LogP contribution is 2.32. The molecule has 5 heteroatoms. The lowest BCUT2D eigenvalue weighted by Crippen LogP contribution is -2.07. The molecule has 2 heterocycles. The van der Waals surface area contributed by atoms with Crippen molar-refractivity contribution < 1.29 is 0 Å². The summed E-state index contributed by atoms with van der Waals surface area (Å²) in [4.78, 5) is 6.83. The van der Waals surface area contributed by atoms with Crippen molar-refractivity contribution in [1.29, 1.82) is 0 Å². The van der Waals surface area contributed by atoms with Gasteiger partial charge in [0, 0.05) is 31.5 Å². The summed E-state index contributed by atoms with van der Waals surface area (Å²) in [5.74, 6) is 0.733. The van der Waals surface area contributed by atoms with Gasteiger partial charge in [-0.15, -0.1) is 10.2 Å². The number of aromatic nitrogens is 2. The van der Waals surface area contributed by atoms with Crippen LogP contribution in [0.2, 0.25) is 0 Å². The van der Waals surface area contributed by atoms with Crippen LogP contribution >= 0.6 is 0 Å². The topological polar surface area (TPSA) is 45.3 Å². The maximum absolute atomic E-state index is 4.78. The fraction of sp³-hybridized carbons (Fsp3) is 0.136. The fourth-order valence-corrected chi connectivity index (χ4v) is 2.95. The molecule has 0 bridgehead atoms. The largest absolute Gasteiger partial charge is 0.378 e. The number of anilines is 1. The van der Waals surface area contributed by atoms with Crippen LogP contribution in [0.15, 0.2) is 83.2 Å². The predicted octanol–water partition coefficient (Wildman–Crippen LogP) is 5.79. The maximum Gasteiger partial charge on any atom is 0.187 e. The molecule has 0 N–H and O–H groups in total. The average molecular weight is 355 g/mol. The van der Waals surface area contributed by atoms with Crippen molar-refractivity contribution in [3.63, 3.8) is 0 Å². The van der Waals surface area contributed by atoms with Crippen LogP contribution < -0.4 is 4.90 Å². The normalized spacial score (nSPS) is 11.4. The number of hydrogen-bond acceptors (Lipinski definition) is 4. The van der Waals surface area contributed by atoms with E-state index in [1.54, 1.807) is 0 Å². The van der Waals surface area contributed by atoms with Gasteiger partial charge in [-0.1, -0.05) is 36.4 Å². The zero-order chi connectivity index (χ0) is 18.8. The SMILES string of the molecule is Cc1ccc2nc(-c3ccccc3)c(N=Nc3ccc(N(C)C)cc3)n2c1. The Bertz CT molecular complexity index is 1090. The fourth-order valence-electron chi connectivity index (χ4n) is 2.95. The number of azo groups is 1. The molecule has 4 rings (SSSR count). The number of aryl methyl sites for hydroxylation is 1. The molecule has 0 aliphatic rings. The van der Waals surface area contributed by atoms with E-state index < -0.39 is 0 Å². The summed E-state index contributed by atoms with van der Waals surface area (Å²) >= 11 is 0. The van der Waals surface area contributed by atoms with Gasteiger partial charge in [-0.25, -0.2) is 4.98 Å². The van der Waals surface area contributed by atoms with Gasteiger partial charge < -0.3 is 4.90 Å². The highest BCUT2D eigenvalue weighted by atomic mass is 15.2. The van der Waals surface area contributed by atoms with E-state index in [1.807, 2.05) is 85.4 Å². The number of nitrogens with zero attached hydrogens (tertiary/aromatic N) is 5. The van der Waals surface area contributed by atoms with Crippen LogP contribution in [0.4, 0.5) is 17.2 Å². The predicted molar refractivity (Wildman–Crippen MR) is 110 cm³/mol. The van der Waals surface area contributed by atoms with Gasteiger partial charge in [0.25, 0.3) is 0 Å². The van der Waals surface area contributed by atoms with Gasteiger partial charge in [0.05, 0.1) is 5.69 Å². The smallest absolute Gasteiger partial charge is 0.187 e. The van der Waals surface area contributed by atoms with Gasteiger partial charge in [-0.3, -0.25) is 4.40 Å². The Morgan fingerprint density at radius 3 is 2.30 bits per heavy atom. The summed E-state index contributed by atoms with van der Waals surface area (Å²) in [7, 11) is 4.03. The maximum atomic E-state index is 4.78. The van der Waals surface area contributed by atoms with Crippen LogP contribution in [-0.4, -0.2) is 23.5 Å². The lowest BCUT2D eigenvalue weighted by molar-refractivity contribution is 1.09. The lowest BCUT2D eigenvalue weighted by Gasteiger charge is -2.11. The minimum Gasteiger partial charge on any atom is -0.378 e. The standard InChI is InChI=1S/C22H21N5/c1-16-9-14-20-23-21(17-7-5-4-6-8-17)22(27(20)15-16)25-24-18-10-12-19(13-11-18)26(2)3/h4-15H,1-3H3. The van der Waals surface area contributed by atoms with Gasteiger partial charge in [0.15, 0.2) is 5.82 Å². The Morgan fingerprint density at radius 1 is 0.852 bits per heavy atom. The van der Waals surface area contributed by atoms with Gasteiger partial charge in [0.1, 0.15) is 11.3 Å². The van der Waals surface area contributed by atoms with Crippen LogP contribution in [-0.2, 0) is 0 Å². The first kappa shape index (κ1) is 17.0. The second-order valence-electron chi connectivity index (χ2n) is 6.70. The molecule has 0 spiro atoms. The van der Waals surface area contributed by atoms with Crippen molar-refractivity contribution in [2.75, 3.05) is 19.0 Å². The Kier molecular flexibility index (Phi) is 4.42. The molecule has 0 atom stereocenters. The van der Waals surface area contributed by atoms with Gasteiger partial charge in [-0.05, 0) is 42.8 Å². The third-order valence-corrected chi connectivity index (χ3v) is 4.41. The van der Waals surface area contributed by atoms with Crippen molar-refractivity contribution >= 4 is 22.8 Å². The Labute approximate surface area is 158 Å². The molecule has 27 heavy (non-hydrogen) atoms. The Morgan fingerprint density at radius 2 is 1.59 bits per heavy atom. The first-order chi connectivity index (χ1) is 13.1. The summed E-state index contributed by atoms with van der Waals surface area (Å²) in [5, 5.41) is 9.03. The summed E-state index contributed by atoms with van der Waals surface area (Å²) in [6.07, 6.45) is 2.04. The number of benzene rings is 2. The molecule has 0 unspecified atom stereocenters. The monoisotopic (exact) mass is 355 g/mol. The Balaban J connectivity index is 1.80. The molecule has 5 nitrogen and oxygen atoms in total. The van der Waals surface area contributed by atoms with Gasteiger partial charge in [0.2, 0.25) is 0 Å². The lowest BCUT2D eigenvalue weighted by atomic mass is 10.1. The molecule has 2 aromatic carbocycles. The van der Waals surface area contributed by atoms with E-state index in [2.05, 4.69) is 28.1 Å². The van der Waals surface area contributed by atoms with E-state index >= 15 is 0 Å². The first-order valence-electron chi connectivity index (χ1n) is 8.85. The summed E-state index contributed by atoms with van der Waals surface area (Å²) < 4.78 is 2.00. The molecular formula is C22H21N5. The van der Waals surface area contributed by atoms with Crippen LogP contribution in [0.1, 0.15) is 5.56 Å².